The van der Waals surface area contributed by atoms with Crippen LogP contribution in [-0.4, -0.2) is 17.9 Å². The lowest BCUT2D eigenvalue weighted by Crippen LogP contribution is -2.45. The van der Waals surface area contributed by atoms with Crippen molar-refractivity contribution in [3.05, 3.63) is 108 Å². The van der Waals surface area contributed by atoms with Gasteiger partial charge in [0.15, 0.2) is 0 Å². The van der Waals surface area contributed by atoms with Gasteiger partial charge in [-0.25, -0.2) is 0 Å². The third-order valence-corrected chi connectivity index (χ3v) is 5.21. The second-order valence-electron chi connectivity index (χ2n) is 7.21. The summed E-state index contributed by atoms with van der Waals surface area (Å²) in [6.45, 7) is 0. The van der Waals surface area contributed by atoms with E-state index in [4.69, 9.17) is 5.73 Å². The number of nitrogens with one attached hydrogen (secondary N) is 1. The third-order valence-electron chi connectivity index (χ3n) is 5.21. The van der Waals surface area contributed by atoms with Crippen LogP contribution in [0.4, 0.5) is 0 Å². The molecule has 0 saturated heterocycles. The van der Waals surface area contributed by atoms with E-state index in [9.17, 15) is 9.59 Å². The normalized spacial score (nSPS) is 11.7. The Hall–Kier alpha value is -3.92. The number of carbonyl (C=O) groups excluding carboxylic acids is 2. The average Bonchev–Trinajstić information content (AvgIpc) is 2.79. The van der Waals surface area contributed by atoms with Gasteiger partial charge in [0.1, 0.15) is 6.04 Å². The van der Waals surface area contributed by atoms with Gasteiger partial charge in [0.05, 0.1) is 0 Å². The molecule has 4 aromatic carbocycles. The second-order valence-corrected chi connectivity index (χ2v) is 7.21. The van der Waals surface area contributed by atoms with Crippen molar-refractivity contribution in [2.45, 2.75) is 12.5 Å². The first-order valence-corrected chi connectivity index (χ1v) is 9.84. The van der Waals surface area contributed by atoms with Crippen LogP contribution in [0, 0.1) is 0 Å². The number of amides is 2. The number of primary amides is 1. The molecule has 0 spiro atoms. The summed E-state index contributed by atoms with van der Waals surface area (Å²) >= 11 is 0. The smallest absolute Gasteiger partial charge is 0.251 e. The van der Waals surface area contributed by atoms with Crippen molar-refractivity contribution < 1.29 is 9.59 Å². The van der Waals surface area contributed by atoms with Crippen LogP contribution >= 0.6 is 0 Å². The molecule has 0 bridgehead atoms. The summed E-state index contributed by atoms with van der Waals surface area (Å²) in [6.07, 6.45) is 0.338. The number of nitrogens with two attached hydrogens (primary N) is 1. The molecule has 4 nitrogen and oxygen atoms in total. The number of rotatable bonds is 6. The Kier molecular flexibility index (Phi) is 5.57. The van der Waals surface area contributed by atoms with Crippen LogP contribution in [0.1, 0.15) is 15.9 Å². The van der Waals surface area contributed by atoms with Crippen LogP contribution < -0.4 is 11.1 Å². The van der Waals surface area contributed by atoms with Crippen LogP contribution in [-0.2, 0) is 11.2 Å². The highest BCUT2D eigenvalue weighted by Crippen LogP contribution is 2.21. The maximum atomic E-state index is 12.7. The van der Waals surface area contributed by atoms with Crippen LogP contribution in [0.5, 0.6) is 0 Å². The van der Waals surface area contributed by atoms with E-state index in [1.54, 1.807) is 12.1 Å². The summed E-state index contributed by atoms with van der Waals surface area (Å²) in [4.78, 5) is 24.8. The maximum Gasteiger partial charge on any atom is 0.251 e. The van der Waals surface area contributed by atoms with Gasteiger partial charge in [0.25, 0.3) is 5.91 Å². The fourth-order valence-electron chi connectivity index (χ4n) is 3.60. The molecule has 0 radical (unpaired) electrons. The van der Waals surface area contributed by atoms with E-state index in [0.29, 0.717) is 12.0 Å². The summed E-state index contributed by atoms with van der Waals surface area (Å²) in [5.41, 5.74) is 9.16. The van der Waals surface area contributed by atoms with E-state index in [-0.39, 0.29) is 5.91 Å². The Morgan fingerprint density at radius 3 is 2.10 bits per heavy atom. The molecule has 4 rings (SSSR count). The summed E-state index contributed by atoms with van der Waals surface area (Å²) < 4.78 is 0. The van der Waals surface area contributed by atoms with Crippen molar-refractivity contribution >= 4 is 22.6 Å². The molecule has 0 heterocycles. The minimum absolute atomic E-state index is 0.321. The molecule has 2 amide bonds. The summed E-state index contributed by atoms with van der Waals surface area (Å²) in [5.74, 6) is -0.879. The molecule has 0 aromatic heterocycles. The van der Waals surface area contributed by atoms with Gasteiger partial charge in [-0.3, -0.25) is 9.59 Å². The van der Waals surface area contributed by atoms with Crippen molar-refractivity contribution in [3.8, 4) is 11.1 Å². The Balaban J connectivity index is 1.52. The van der Waals surface area contributed by atoms with Gasteiger partial charge in [-0.1, -0.05) is 84.9 Å². The van der Waals surface area contributed by atoms with Crippen LogP contribution in [0.15, 0.2) is 97.1 Å². The Labute approximate surface area is 175 Å². The molecule has 0 saturated carbocycles. The minimum atomic E-state index is -0.794. The van der Waals surface area contributed by atoms with Crippen LogP contribution in [0.2, 0.25) is 0 Å². The number of hydrogen-bond acceptors (Lipinski definition) is 2. The fraction of sp³-hybridized carbons (Fsp3) is 0.0769. The molecule has 4 aromatic rings. The highest BCUT2D eigenvalue weighted by atomic mass is 16.2. The van der Waals surface area contributed by atoms with Crippen molar-refractivity contribution in [2.75, 3.05) is 0 Å². The number of benzene rings is 4. The lowest BCUT2D eigenvalue weighted by atomic mass is 9.98. The molecular weight excluding hydrogens is 372 g/mol. The number of hydrogen-bond donors (Lipinski definition) is 2. The molecule has 0 aliphatic heterocycles. The molecule has 3 N–H and O–H groups in total. The van der Waals surface area contributed by atoms with E-state index < -0.39 is 11.9 Å². The molecule has 0 aliphatic carbocycles. The van der Waals surface area contributed by atoms with Crippen LogP contribution in [0.25, 0.3) is 21.9 Å². The largest absolute Gasteiger partial charge is 0.368 e. The quantitative estimate of drug-likeness (QED) is 0.511. The van der Waals surface area contributed by atoms with Crippen molar-refractivity contribution in [3.63, 3.8) is 0 Å². The molecular formula is C26H22N2O2. The van der Waals surface area contributed by atoms with Crippen molar-refractivity contribution in [1.29, 1.82) is 0 Å². The summed E-state index contributed by atoms with van der Waals surface area (Å²) in [5, 5.41) is 4.92. The lowest BCUT2D eigenvalue weighted by Gasteiger charge is -2.17. The monoisotopic (exact) mass is 394 g/mol. The predicted molar refractivity (Wildman–Crippen MR) is 120 cm³/mol. The first-order chi connectivity index (χ1) is 14.6. The maximum absolute atomic E-state index is 12.7. The van der Waals surface area contributed by atoms with E-state index in [1.165, 1.54) is 0 Å². The highest BCUT2D eigenvalue weighted by molar-refractivity contribution is 5.98. The van der Waals surface area contributed by atoms with E-state index >= 15 is 0 Å². The van der Waals surface area contributed by atoms with E-state index in [2.05, 4.69) is 5.32 Å². The van der Waals surface area contributed by atoms with E-state index in [0.717, 1.165) is 27.5 Å². The Morgan fingerprint density at radius 1 is 0.733 bits per heavy atom. The van der Waals surface area contributed by atoms with Gasteiger partial charge in [-0.05, 0) is 39.6 Å². The van der Waals surface area contributed by atoms with Gasteiger partial charge in [-0.2, -0.15) is 0 Å². The first-order valence-electron chi connectivity index (χ1n) is 9.84. The van der Waals surface area contributed by atoms with Gasteiger partial charge >= 0.3 is 0 Å². The predicted octanol–water partition coefficient (Wildman–Crippen LogP) is 4.33. The highest BCUT2D eigenvalue weighted by Gasteiger charge is 2.20. The van der Waals surface area contributed by atoms with Gasteiger partial charge in [0, 0.05) is 12.0 Å². The molecule has 0 unspecified atom stereocenters. The molecule has 4 heteroatoms. The molecule has 0 aliphatic rings. The Morgan fingerprint density at radius 2 is 1.37 bits per heavy atom. The third kappa shape index (κ3) is 4.23. The zero-order valence-corrected chi connectivity index (χ0v) is 16.4. The molecule has 0 fully saturated rings. The SMILES string of the molecule is NC(=O)[C@@H](Cc1cccc2ccccc12)NC(=O)c1ccc(-c2ccccc2)cc1. The fourth-order valence-corrected chi connectivity index (χ4v) is 3.60. The minimum Gasteiger partial charge on any atom is -0.368 e. The lowest BCUT2D eigenvalue weighted by molar-refractivity contribution is -0.119. The van der Waals surface area contributed by atoms with Gasteiger partial charge in [0.2, 0.25) is 5.91 Å². The van der Waals surface area contributed by atoms with Crippen molar-refractivity contribution in [1.82, 2.24) is 5.32 Å². The van der Waals surface area contributed by atoms with Crippen LogP contribution in [0.3, 0.4) is 0 Å². The summed E-state index contributed by atoms with van der Waals surface area (Å²) in [7, 11) is 0. The average molecular weight is 394 g/mol. The Bertz CT molecular complexity index is 1180. The van der Waals surface area contributed by atoms with E-state index in [1.807, 2.05) is 84.9 Å². The van der Waals surface area contributed by atoms with Crippen molar-refractivity contribution in [2.24, 2.45) is 5.73 Å². The topological polar surface area (TPSA) is 72.2 Å². The number of fused-ring (bicyclic) bond motifs is 1. The zero-order chi connectivity index (χ0) is 20.9. The molecule has 148 valence electrons. The standard InChI is InChI=1S/C26H22N2O2/c27-25(29)24(17-22-11-6-10-20-9-4-5-12-23(20)22)28-26(30)21-15-13-19(14-16-21)18-7-2-1-3-8-18/h1-16,24H,17H2,(H2,27,29)(H,28,30)/t24-/m1/s1. The zero-order valence-electron chi connectivity index (χ0n) is 16.4. The van der Waals surface area contributed by atoms with Gasteiger partial charge in [-0.15, -0.1) is 0 Å². The number of carbonyl (C=O) groups is 2. The molecule has 1 atom stereocenters. The molecule has 30 heavy (non-hydrogen) atoms. The summed E-state index contributed by atoms with van der Waals surface area (Å²) in [6, 6.07) is 30.3. The second kappa shape index (κ2) is 8.62. The van der Waals surface area contributed by atoms with Gasteiger partial charge < -0.3 is 11.1 Å². The first kappa shape index (κ1) is 19.4.